The lowest BCUT2D eigenvalue weighted by atomic mass is 9.92. The molecule has 1 aliphatic rings. The van der Waals surface area contributed by atoms with Gasteiger partial charge in [-0.1, -0.05) is 110 Å². The molecule has 0 aromatic heterocycles. The van der Waals surface area contributed by atoms with Crippen molar-refractivity contribution in [3.63, 3.8) is 0 Å². The van der Waals surface area contributed by atoms with E-state index in [2.05, 4.69) is 84.4 Å². The molecule has 1 unspecified atom stereocenters. The number of carbonyl (C=O) groups excluding carboxylic acids is 3. The highest BCUT2D eigenvalue weighted by atomic mass is 16.5. The molecule has 0 saturated heterocycles. The molecule has 6 nitrogen and oxygen atoms in total. The van der Waals surface area contributed by atoms with Crippen LogP contribution in [0, 0.1) is 0 Å². The van der Waals surface area contributed by atoms with Crippen LogP contribution in [0.1, 0.15) is 84.6 Å². The maximum Gasteiger partial charge on any atom is 0.286 e. The van der Waals surface area contributed by atoms with Crippen LogP contribution in [0.2, 0.25) is 0 Å². The molecule has 44 heavy (non-hydrogen) atoms. The van der Waals surface area contributed by atoms with Crippen LogP contribution in [0.4, 0.5) is 0 Å². The van der Waals surface area contributed by atoms with Gasteiger partial charge in [0.15, 0.2) is 11.4 Å². The van der Waals surface area contributed by atoms with Crippen LogP contribution >= 0.6 is 0 Å². The molecule has 1 atom stereocenters. The van der Waals surface area contributed by atoms with E-state index in [-0.39, 0.29) is 24.0 Å². The maximum absolute atomic E-state index is 12.7. The Morgan fingerprint density at radius 2 is 1.30 bits per heavy atom. The zero-order chi connectivity index (χ0) is 32.1. The van der Waals surface area contributed by atoms with Gasteiger partial charge in [0.1, 0.15) is 0 Å². The Hall–Kier alpha value is -4.19. The summed E-state index contributed by atoms with van der Waals surface area (Å²) in [6, 6.07) is 9.09. The first kappa shape index (κ1) is 36.0. The Morgan fingerprint density at radius 3 is 1.82 bits per heavy atom. The molecule has 0 fully saturated rings. The Labute approximate surface area is 264 Å². The molecule has 1 heterocycles. The number of ether oxygens (including phenoxy) is 1. The molecule has 1 aromatic carbocycles. The Balaban J connectivity index is 1.57. The summed E-state index contributed by atoms with van der Waals surface area (Å²) in [7, 11) is 0. The summed E-state index contributed by atoms with van der Waals surface area (Å²) in [5.74, 6) is -0.887. The summed E-state index contributed by atoms with van der Waals surface area (Å²) in [5.41, 5.74) is -1.21. The first-order valence-electron chi connectivity index (χ1n) is 15.7. The van der Waals surface area contributed by atoms with E-state index in [1.54, 1.807) is 19.1 Å². The molecule has 2 amide bonds. The Morgan fingerprint density at radius 1 is 0.795 bits per heavy atom. The first-order valence-corrected chi connectivity index (χ1v) is 15.7. The lowest BCUT2D eigenvalue weighted by molar-refractivity contribution is -0.132. The van der Waals surface area contributed by atoms with Gasteiger partial charge in [-0.15, -0.1) is 0 Å². The highest BCUT2D eigenvalue weighted by Gasteiger charge is 2.43. The van der Waals surface area contributed by atoms with Crippen molar-refractivity contribution in [2.45, 2.75) is 90.2 Å². The number of amides is 2. The largest absolute Gasteiger partial charge is 0.469 e. The van der Waals surface area contributed by atoms with Crippen molar-refractivity contribution in [2.75, 3.05) is 6.54 Å². The molecule has 0 aliphatic carbocycles. The standard InChI is InChI=1S/C38H50N2O4/c1-5-6-7-8-9-10-11-12-13-14-15-16-17-18-19-20-21-22-26-29-35(42)40-37(2,3)31-39-36(43)33-30-34(41)38(4,44-33)32-27-24-23-25-28-32/h6-7,9-10,12-13,15-16,18-19,21-25,27-28,30H,5,8,11,14,17,20,26,29,31H2,1-4H3,(H,39,43)(H,40,42)/b7-6-,10-9-,13-12-,16-15-,19-18-,22-21-. The van der Waals surface area contributed by atoms with E-state index in [1.165, 1.54) is 6.08 Å². The van der Waals surface area contributed by atoms with Gasteiger partial charge >= 0.3 is 0 Å². The highest BCUT2D eigenvalue weighted by Crippen LogP contribution is 2.34. The third kappa shape index (κ3) is 13.9. The lowest BCUT2D eigenvalue weighted by Gasteiger charge is -2.27. The van der Waals surface area contributed by atoms with E-state index in [0.29, 0.717) is 18.4 Å². The van der Waals surface area contributed by atoms with Crippen LogP contribution in [0.3, 0.4) is 0 Å². The van der Waals surface area contributed by atoms with E-state index < -0.39 is 17.0 Å². The smallest absolute Gasteiger partial charge is 0.286 e. The van der Waals surface area contributed by atoms with Gasteiger partial charge in [-0.25, -0.2) is 0 Å². The van der Waals surface area contributed by atoms with Gasteiger partial charge < -0.3 is 15.4 Å². The summed E-state index contributed by atoms with van der Waals surface area (Å²) in [6.45, 7) is 7.67. The van der Waals surface area contributed by atoms with Crippen LogP contribution in [0.15, 0.2) is 115 Å². The summed E-state index contributed by atoms with van der Waals surface area (Å²) < 4.78 is 5.79. The van der Waals surface area contributed by atoms with Gasteiger partial charge in [-0.3, -0.25) is 14.4 Å². The van der Waals surface area contributed by atoms with Crippen molar-refractivity contribution in [2.24, 2.45) is 0 Å². The monoisotopic (exact) mass is 598 g/mol. The average Bonchev–Trinajstić information content (AvgIpc) is 3.32. The SMILES string of the molecule is CC/C=C\C/C=C\C/C=C\C/C=C\C/C=C\C/C=C\CCC(=O)NC(C)(C)CNC(=O)C1=CC(=O)C(C)(c2ccccc2)O1. The predicted molar refractivity (Wildman–Crippen MR) is 181 cm³/mol. The second-order valence-electron chi connectivity index (χ2n) is 11.4. The molecule has 0 radical (unpaired) electrons. The van der Waals surface area contributed by atoms with Gasteiger partial charge in [0, 0.05) is 24.6 Å². The third-order valence-electron chi connectivity index (χ3n) is 6.90. The predicted octanol–water partition coefficient (Wildman–Crippen LogP) is 7.87. The molecule has 6 heteroatoms. The molecule has 0 saturated carbocycles. The number of benzene rings is 1. The van der Waals surface area contributed by atoms with Crippen LogP contribution in [-0.2, 0) is 24.7 Å². The number of carbonyl (C=O) groups is 3. The average molecular weight is 599 g/mol. The summed E-state index contributed by atoms with van der Waals surface area (Å²) >= 11 is 0. The van der Waals surface area contributed by atoms with Crippen molar-refractivity contribution in [1.29, 1.82) is 0 Å². The van der Waals surface area contributed by atoms with Crippen LogP contribution in [-0.4, -0.2) is 29.7 Å². The Bertz CT molecular complexity index is 1260. The van der Waals surface area contributed by atoms with E-state index in [4.69, 9.17) is 4.74 Å². The van der Waals surface area contributed by atoms with Crippen molar-refractivity contribution in [1.82, 2.24) is 10.6 Å². The molecule has 0 bridgehead atoms. The van der Waals surface area contributed by atoms with Crippen molar-refractivity contribution >= 4 is 17.6 Å². The third-order valence-corrected chi connectivity index (χ3v) is 6.90. The van der Waals surface area contributed by atoms with Crippen molar-refractivity contribution in [3.8, 4) is 0 Å². The quantitative estimate of drug-likeness (QED) is 0.159. The minimum atomic E-state index is -1.22. The molecule has 2 rings (SSSR count). The molecule has 1 aromatic rings. The van der Waals surface area contributed by atoms with E-state index in [9.17, 15) is 14.4 Å². The van der Waals surface area contributed by atoms with Gasteiger partial charge in [-0.05, 0) is 65.7 Å². The van der Waals surface area contributed by atoms with Crippen molar-refractivity contribution < 1.29 is 19.1 Å². The second-order valence-corrected chi connectivity index (χ2v) is 11.4. The fourth-order valence-electron chi connectivity index (χ4n) is 4.35. The van der Waals surface area contributed by atoms with E-state index in [1.807, 2.05) is 38.1 Å². The minimum absolute atomic E-state index is 0.0267. The molecular formula is C38H50N2O4. The Kier molecular flexibility index (Phi) is 16.3. The molecule has 0 spiro atoms. The molecule has 2 N–H and O–H groups in total. The fourth-order valence-corrected chi connectivity index (χ4v) is 4.35. The summed E-state index contributed by atoms with van der Waals surface area (Å²) in [4.78, 5) is 37.8. The second kappa shape index (κ2) is 19.9. The van der Waals surface area contributed by atoms with Crippen molar-refractivity contribution in [3.05, 3.63) is 121 Å². The zero-order valence-electron chi connectivity index (χ0n) is 26.9. The molecular weight excluding hydrogens is 548 g/mol. The van der Waals surface area contributed by atoms with E-state index >= 15 is 0 Å². The number of rotatable bonds is 19. The number of hydrogen-bond donors (Lipinski definition) is 2. The zero-order valence-corrected chi connectivity index (χ0v) is 26.9. The number of hydrogen-bond acceptors (Lipinski definition) is 4. The van der Waals surface area contributed by atoms with E-state index in [0.717, 1.165) is 38.5 Å². The van der Waals surface area contributed by atoms with Gasteiger partial charge in [0.05, 0.1) is 5.54 Å². The van der Waals surface area contributed by atoms with Crippen LogP contribution < -0.4 is 10.6 Å². The van der Waals surface area contributed by atoms with Crippen LogP contribution in [0.5, 0.6) is 0 Å². The number of ketones is 1. The van der Waals surface area contributed by atoms with Gasteiger partial charge in [0.2, 0.25) is 11.7 Å². The lowest BCUT2D eigenvalue weighted by Crippen LogP contribution is -2.51. The minimum Gasteiger partial charge on any atom is -0.469 e. The number of allylic oxidation sites excluding steroid dienone is 12. The fraction of sp³-hybridized carbons (Fsp3) is 0.395. The van der Waals surface area contributed by atoms with Crippen LogP contribution in [0.25, 0.3) is 0 Å². The maximum atomic E-state index is 12.7. The number of nitrogens with one attached hydrogen (secondary N) is 2. The van der Waals surface area contributed by atoms with Gasteiger partial charge in [0.25, 0.3) is 5.91 Å². The molecule has 236 valence electrons. The molecule has 1 aliphatic heterocycles. The highest BCUT2D eigenvalue weighted by molar-refractivity contribution is 6.07. The first-order chi connectivity index (χ1) is 21.2. The summed E-state index contributed by atoms with van der Waals surface area (Å²) in [5, 5.41) is 5.74. The normalized spacial score (nSPS) is 17.5. The topological polar surface area (TPSA) is 84.5 Å². The summed E-state index contributed by atoms with van der Waals surface area (Å²) in [6.07, 6.45) is 33.9. The van der Waals surface area contributed by atoms with Gasteiger partial charge in [-0.2, -0.15) is 0 Å².